The van der Waals surface area contributed by atoms with Crippen LogP contribution < -0.4 is 31.0 Å². The first-order valence-corrected chi connectivity index (χ1v) is 19.6. The SMILES string of the molecule is COc1cc(CC(=O)NN=C2C(=O)Nc3ccc(I)cc32)c([N+](=O)[O-])cc1OC.O=C1Nc2ccc(I)cc2C1=NNC(=O)C1CCN(Cc2cccnc2)CC1. The fourth-order valence-corrected chi connectivity index (χ4v) is 7.31. The summed E-state index contributed by atoms with van der Waals surface area (Å²) in [6.07, 6.45) is 4.86. The number of aromatic nitrogens is 1. The van der Waals surface area contributed by atoms with E-state index in [1.54, 1.807) is 18.3 Å². The summed E-state index contributed by atoms with van der Waals surface area (Å²) in [5, 5.41) is 24.8. The lowest BCUT2D eigenvalue weighted by atomic mass is 9.96. The number of benzene rings is 3. The molecule has 0 spiro atoms. The van der Waals surface area contributed by atoms with Crippen LogP contribution in [-0.4, -0.2) is 77.2 Å². The molecule has 294 valence electrons. The van der Waals surface area contributed by atoms with Crippen molar-refractivity contribution in [1.29, 1.82) is 0 Å². The number of hydrogen-bond donors (Lipinski definition) is 4. The molecule has 4 aromatic rings. The van der Waals surface area contributed by atoms with Crippen molar-refractivity contribution < 1.29 is 33.6 Å². The number of nitrogens with zero attached hydrogens (tertiary/aromatic N) is 5. The lowest BCUT2D eigenvalue weighted by Crippen LogP contribution is -2.39. The Hall–Kier alpha value is -5.55. The summed E-state index contributed by atoms with van der Waals surface area (Å²) < 4.78 is 12.1. The highest BCUT2D eigenvalue weighted by Crippen LogP contribution is 2.35. The second kappa shape index (κ2) is 18.6. The van der Waals surface area contributed by atoms with Crippen LogP contribution in [0.4, 0.5) is 17.1 Å². The van der Waals surface area contributed by atoms with Crippen LogP contribution in [0.3, 0.4) is 0 Å². The number of hydrogen-bond acceptors (Lipinski definition) is 12. The van der Waals surface area contributed by atoms with E-state index in [0.29, 0.717) is 11.3 Å². The summed E-state index contributed by atoms with van der Waals surface area (Å²) in [6, 6.07) is 17.5. The number of rotatable bonds is 10. The van der Waals surface area contributed by atoms with E-state index in [2.05, 4.69) is 92.8 Å². The first-order valence-electron chi connectivity index (χ1n) is 17.4. The minimum Gasteiger partial charge on any atom is -0.493 e. The number of halogens is 2. The zero-order valence-electron chi connectivity index (χ0n) is 30.5. The zero-order valence-corrected chi connectivity index (χ0v) is 34.8. The van der Waals surface area contributed by atoms with Crippen molar-refractivity contribution in [2.75, 3.05) is 37.9 Å². The maximum atomic E-state index is 12.5. The van der Waals surface area contributed by atoms with E-state index in [4.69, 9.17) is 9.47 Å². The maximum Gasteiger partial charge on any atom is 0.277 e. The molecule has 0 aliphatic carbocycles. The largest absolute Gasteiger partial charge is 0.493 e. The predicted octanol–water partition coefficient (Wildman–Crippen LogP) is 4.60. The quantitative estimate of drug-likeness (QED) is 0.0984. The van der Waals surface area contributed by atoms with Gasteiger partial charge >= 0.3 is 0 Å². The van der Waals surface area contributed by atoms with Crippen LogP contribution in [-0.2, 0) is 32.1 Å². The standard InChI is InChI=1S/C20H20IN5O2.C18H15IN4O6/c21-15-3-4-17-16(10-15)18(20(28)23-17)24-25-19(27)14-5-8-26(9-6-14)12-13-2-1-7-22-11-13;1-28-14-5-9(13(23(26)27)8-15(14)29-2)6-16(24)21-22-17-11-7-10(19)3-4-12(11)20-18(17)25/h1-4,7,10-11,14H,5-6,8-9,12H2,(H,25,27)(H,23,24,28);3-5,7-8H,6H2,1-2H3,(H,21,24)(H,20,22,25). The number of nitro groups is 1. The number of anilines is 2. The van der Waals surface area contributed by atoms with Crippen molar-refractivity contribution in [1.82, 2.24) is 20.7 Å². The van der Waals surface area contributed by atoms with Gasteiger partial charge in [0, 0.05) is 48.7 Å². The molecule has 4 N–H and O–H groups in total. The fraction of sp³-hybridized carbons (Fsp3) is 0.237. The van der Waals surface area contributed by atoms with Crippen molar-refractivity contribution in [2.45, 2.75) is 25.8 Å². The molecule has 4 heterocycles. The Morgan fingerprint density at radius 2 is 1.47 bits per heavy atom. The molecule has 1 saturated heterocycles. The van der Waals surface area contributed by atoms with Gasteiger partial charge in [-0.1, -0.05) is 6.07 Å². The maximum absolute atomic E-state index is 12.5. The summed E-state index contributed by atoms with van der Waals surface area (Å²) in [5.41, 5.74) is 8.84. The number of ether oxygens (including phenoxy) is 2. The molecule has 0 radical (unpaired) electrons. The molecule has 1 aromatic heterocycles. The third-order valence-electron chi connectivity index (χ3n) is 9.19. The summed E-state index contributed by atoms with van der Waals surface area (Å²) >= 11 is 4.29. The topological polar surface area (TPSA) is 219 Å². The van der Waals surface area contributed by atoms with Gasteiger partial charge in [-0.3, -0.25) is 39.2 Å². The number of fused-ring (bicyclic) bond motifs is 2. The average Bonchev–Trinajstić information content (AvgIpc) is 3.69. The van der Waals surface area contributed by atoms with E-state index in [-0.39, 0.29) is 58.3 Å². The number of pyridine rings is 1. The van der Waals surface area contributed by atoms with Crippen LogP contribution in [0, 0.1) is 23.2 Å². The highest BCUT2D eigenvalue weighted by molar-refractivity contribution is 14.1. The molecule has 3 aromatic carbocycles. The van der Waals surface area contributed by atoms with Gasteiger partial charge in [0.15, 0.2) is 22.9 Å². The Morgan fingerprint density at radius 3 is 2.02 bits per heavy atom. The van der Waals surface area contributed by atoms with E-state index < -0.39 is 16.7 Å². The number of piperidine rings is 1. The van der Waals surface area contributed by atoms with Gasteiger partial charge in [0.2, 0.25) is 11.8 Å². The van der Waals surface area contributed by atoms with E-state index in [1.165, 1.54) is 31.9 Å². The van der Waals surface area contributed by atoms with Gasteiger partial charge in [-0.25, -0.2) is 10.9 Å². The Balaban J connectivity index is 0.000000193. The van der Waals surface area contributed by atoms with Crippen LogP contribution in [0.25, 0.3) is 0 Å². The van der Waals surface area contributed by atoms with Crippen LogP contribution in [0.1, 0.15) is 35.1 Å². The number of nitrogens with one attached hydrogen (secondary N) is 4. The van der Waals surface area contributed by atoms with Gasteiger partial charge in [-0.2, -0.15) is 10.2 Å². The monoisotopic (exact) mass is 999 g/mol. The van der Waals surface area contributed by atoms with E-state index in [0.717, 1.165) is 50.9 Å². The van der Waals surface area contributed by atoms with Gasteiger partial charge in [0.25, 0.3) is 17.5 Å². The van der Waals surface area contributed by atoms with Gasteiger partial charge in [0.1, 0.15) is 0 Å². The molecule has 0 saturated carbocycles. The smallest absolute Gasteiger partial charge is 0.277 e. The summed E-state index contributed by atoms with van der Waals surface area (Å²) in [6.45, 7) is 2.55. The van der Waals surface area contributed by atoms with E-state index >= 15 is 0 Å². The molecule has 0 bridgehead atoms. The van der Waals surface area contributed by atoms with Gasteiger partial charge < -0.3 is 20.1 Å². The van der Waals surface area contributed by atoms with Crippen molar-refractivity contribution in [3.8, 4) is 11.5 Å². The third kappa shape index (κ3) is 10.1. The molecular formula is C38H35I2N9O8. The highest BCUT2D eigenvalue weighted by Gasteiger charge is 2.30. The lowest BCUT2D eigenvalue weighted by molar-refractivity contribution is -0.385. The Bertz CT molecular complexity index is 2300. The Labute approximate surface area is 353 Å². The third-order valence-corrected chi connectivity index (χ3v) is 10.5. The average molecular weight is 1000 g/mol. The number of carbonyl (C=O) groups is 4. The Morgan fingerprint density at radius 1 is 0.895 bits per heavy atom. The second-order valence-corrected chi connectivity index (χ2v) is 15.4. The lowest BCUT2D eigenvalue weighted by Gasteiger charge is -2.30. The number of carbonyl (C=O) groups excluding carboxylic acids is 4. The summed E-state index contributed by atoms with van der Waals surface area (Å²) in [5.74, 6) is -1.14. The van der Waals surface area contributed by atoms with Crippen LogP contribution in [0.2, 0.25) is 0 Å². The van der Waals surface area contributed by atoms with E-state index in [9.17, 15) is 29.3 Å². The first-order chi connectivity index (χ1) is 27.4. The summed E-state index contributed by atoms with van der Waals surface area (Å²) in [7, 11) is 2.74. The molecule has 3 aliphatic rings. The predicted molar refractivity (Wildman–Crippen MR) is 227 cm³/mol. The van der Waals surface area contributed by atoms with Gasteiger partial charge in [-0.05, 0) is 125 Å². The molecule has 7 rings (SSSR count). The van der Waals surface area contributed by atoms with Gasteiger partial charge in [0.05, 0.1) is 43.0 Å². The molecule has 17 nitrogen and oxygen atoms in total. The van der Waals surface area contributed by atoms with E-state index in [1.807, 2.05) is 36.5 Å². The molecule has 4 amide bonds. The minimum absolute atomic E-state index is 0.0636. The zero-order chi connectivity index (χ0) is 40.6. The number of amides is 4. The molecule has 19 heteroatoms. The molecule has 57 heavy (non-hydrogen) atoms. The van der Waals surface area contributed by atoms with Crippen LogP contribution in [0.5, 0.6) is 11.5 Å². The Kier molecular flexibility index (Phi) is 13.4. The molecule has 0 unspecified atom stereocenters. The number of methoxy groups -OCH3 is 2. The van der Waals surface area contributed by atoms with Crippen molar-refractivity contribution >= 4 is 97.3 Å². The second-order valence-electron chi connectivity index (χ2n) is 12.9. The summed E-state index contributed by atoms with van der Waals surface area (Å²) in [4.78, 5) is 66.3. The van der Waals surface area contributed by atoms with Crippen LogP contribution in [0.15, 0.2) is 83.3 Å². The van der Waals surface area contributed by atoms with Crippen molar-refractivity contribution in [3.63, 3.8) is 0 Å². The van der Waals surface area contributed by atoms with Gasteiger partial charge in [-0.15, -0.1) is 0 Å². The van der Waals surface area contributed by atoms with Crippen LogP contribution >= 0.6 is 45.2 Å². The fourth-order valence-electron chi connectivity index (χ4n) is 6.33. The number of nitro benzene ring substituents is 1. The molecular weight excluding hydrogens is 964 g/mol. The molecule has 3 aliphatic heterocycles. The number of hydrazone groups is 2. The first kappa shape index (κ1) is 41.1. The van der Waals surface area contributed by atoms with Crippen molar-refractivity contribution in [3.05, 3.63) is 113 Å². The molecule has 0 atom stereocenters. The van der Waals surface area contributed by atoms with Crippen molar-refractivity contribution in [2.24, 2.45) is 16.1 Å². The minimum atomic E-state index is -0.625. The highest BCUT2D eigenvalue weighted by atomic mass is 127. The number of likely N-dealkylation sites (tertiary alicyclic amines) is 1. The normalized spacial score (nSPS) is 16.1. The molecule has 1 fully saturated rings.